The molecule has 0 saturated carbocycles. The Labute approximate surface area is 111 Å². The molecule has 0 spiro atoms. The van der Waals surface area contributed by atoms with Gasteiger partial charge < -0.3 is 10.2 Å². The van der Waals surface area contributed by atoms with Gasteiger partial charge >= 0.3 is 0 Å². The molecule has 1 aromatic carbocycles. The zero-order chi connectivity index (χ0) is 13.5. The molecule has 1 aromatic heterocycles. The van der Waals surface area contributed by atoms with E-state index in [2.05, 4.69) is 14.9 Å². The summed E-state index contributed by atoms with van der Waals surface area (Å²) in [5, 5.41) is 26.5. The summed E-state index contributed by atoms with van der Waals surface area (Å²) >= 11 is 0. The van der Waals surface area contributed by atoms with Gasteiger partial charge in [-0.05, 0) is 28.9 Å². The SMILES string of the molecule is O=S(c1cccc2nonc12)N1CCC(O)(CO)C1. The lowest BCUT2D eigenvalue weighted by Crippen LogP contribution is -2.37. The van der Waals surface area contributed by atoms with Crippen LogP contribution in [0, 0.1) is 0 Å². The highest BCUT2D eigenvalue weighted by Gasteiger charge is 2.38. The number of fused-ring (bicyclic) bond motifs is 1. The van der Waals surface area contributed by atoms with Crippen LogP contribution in [0.4, 0.5) is 0 Å². The summed E-state index contributed by atoms with van der Waals surface area (Å²) in [7, 11) is -1.46. The normalized spacial score (nSPS) is 26.0. The van der Waals surface area contributed by atoms with Crippen LogP contribution >= 0.6 is 0 Å². The van der Waals surface area contributed by atoms with E-state index < -0.39 is 16.6 Å². The fraction of sp³-hybridized carbons (Fsp3) is 0.455. The minimum Gasteiger partial charge on any atom is -0.393 e. The molecule has 1 fully saturated rings. The Morgan fingerprint density at radius 1 is 1.47 bits per heavy atom. The molecule has 0 amide bonds. The zero-order valence-electron chi connectivity index (χ0n) is 10.0. The molecular weight excluding hydrogens is 270 g/mol. The molecule has 2 heterocycles. The fourth-order valence-electron chi connectivity index (χ4n) is 2.15. The number of aromatic nitrogens is 2. The maximum atomic E-state index is 12.5. The predicted octanol–water partition coefficient (Wildman–Crippen LogP) is -0.326. The molecule has 3 rings (SSSR count). The van der Waals surface area contributed by atoms with E-state index in [0.717, 1.165) is 0 Å². The largest absolute Gasteiger partial charge is 0.393 e. The summed E-state index contributed by atoms with van der Waals surface area (Å²) in [4.78, 5) is 0.501. The minimum atomic E-state index is -1.46. The third kappa shape index (κ3) is 2.16. The summed E-state index contributed by atoms with van der Waals surface area (Å²) < 4.78 is 18.7. The third-order valence-electron chi connectivity index (χ3n) is 3.26. The van der Waals surface area contributed by atoms with Crippen molar-refractivity contribution in [1.82, 2.24) is 14.6 Å². The first-order chi connectivity index (χ1) is 9.13. The highest BCUT2D eigenvalue weighted by molar-refractivity contribution is 7.83. The van der Waals surface area contributed by atoms with Crippen molar-refractivity contribution in [3.63, 3.8) is 0 Å². The van der Waals surface area contributed by atoms with Gasteiger partial charge in [0, 0.05) is 13.1 Å². The van der Waals surface area contributed by atoms with Crippen molar-refractivity contribution in [3.05, 3.63) is 18.2 Å². The van der Waals surface area contributed by atoms with Gasteiger partial charge in [0.05, 0.1) is 11.5 Å². The van der Waals surface area contributed by atoms with Crippen molar-refractivity contribution >= 4 is 22.0 Å². The van der Waals surface area contributed by atoms with Gasteiger partial charge in [0.2, 0.25) is 0 Å². The van der Waals surface area contributed by atoms with Crippen molar-refractivity contribution in [1.29, 1.82) is 0 Å². The Balaban J connectivity index is 1.91. The first-order valence-electron chi connectivity index (χ1n) is 5.84. The van der Waals surface area contributed by atoms with Crippen molar-refractivity contribution in [2.45, 2.75) is 16.9 Å². The highest BCUT2D eigenvalue weighted by Crippen LogP contribution is 2.27. The van der Waals surface area contributed by atoms with E-state index in [0.29, 0.717) is 28.9 Å². The van der Waals surface area contributed by atoms with Gasteiger partial charge in [-0.1, -0.05) is 6.07 Å². The number of rotatable bonds is 3. The van der Waals surface area contributed by atoms with Gasteiger partial charge in [0.15, 0.2) is 5.52 Å². The smallest absolute Gasteiger partial charge is 0.152 e. The standard InChI is InChI=1S/C11H13N3O4S/c15-7-11(16)4-5-14(6-11)19(17)9-3-1-2-8-10(9)13-18-12-8/h1-3,15-16H,4-7H2. The van der Waals surface area contributed by atoms with Gasteiger partial charge in [-0.2, -0.15) is 0 Å². The molecule has 2 aromatic rings. The number of benzene rings is 1. The average Bonchev–Trinajstić information content (AvgIpc) is 3.04. The van der Waals surface area contributed by atoms with E-state index in [1.54, 1.807) is 22.5 Å². The number of nitrogens with zero attached hydrogens (tertiary/aromatic N) is 3. The number of β-amino-alcohol motifs (C(OH)–C–C–N with tert-alkyl or cyclic N) is 1. The Morgan fingerprint density at radius 2 is 2.32 bits per heavy atom. The molecule has 1 aliphatic heterocycles. The van der Waals surface area contributed by atoms with Gasteiger partial charge in [-0.3, -0.25) is 0 Å². The molecule has 19 heavy (non-hydrogen) atoms. The van der Waals surface area contributed by atoms with E-state index in [4.69, 9.17) is 5.11 Å². The topological polar surface area (TPSA) is 99.7 Å². The molecule has 8 heteroatoms. The number of hydrogen-bond donors (Lipinski definition) is 2. The highest BCUT2D eigenvalue weighted by atomic mass is 32.2. The first kappa shape index (κ1) is 12.7. The Morgan fingerprint density at radius 3 is 3.05 bits per heavy atom. The summed E-state index contributed by atoms with van der Waals surface area (Å²) in [6, 6.07) is 5.15. The lowest BCUT2D eigenvalue weighted by molar-refractivity contribution is -0.000500. The lowest BCUT2D eigenvalue weighted by Gasteiger charge is -2.20. The van der Waals surface area contributed by atoms with Crippen LogP contribution in [0.15, 0.2) is 27.7 Å². The second-order valence-electron chi connectivity index (χ2n) is 4.63. The van der Waals surface area contributed by atoms with Crippen LogP contribution in [0.2, 0.25) is 0 Å². The van der Waals surface area contributed by atoms with Crippen molar-refractivity contribution in [2.75, 3.05) is 19.7 Å². The van der Waals surface area contributed by atoms with E-state index in [1.807, 2.05) is 0 Å². The van der Waals surface area contributed by atoms with Crippen molar-refractivity contribution in [3.8, 4) is 0 Å². The van der Waals surface area contributed by atoms with E-state index in [1.165, 1.54) is 0 Å². The fourth-order valence-corrected chi connectivity index (χ4v) is 3.55. The van der Waals surface area contributed by atoms with Crippen LogP contribution in [0.1, 0.15) is 6.42 Å². The molecule has 2 N–H and O–H groups in total. The molecule has 1 saturated heterocycles. The van der Waals surface area contributed by atoms with E-state index in [9.17, 15) is 9.32 Å². The third-order valence-corrected chi connectivity index (χ3v) is 4.75. The Hall–Kier alpha value is -1.35. The number of hydrogen-bond acceptors (Lipinski definition) is 6. The minimum absolute atomic E-state index is 0.164. The van der Waals surface area contributed by atoms with Gasteiger partial charge in [-0.15, -0.1) is 0 Å². The number of aliphatic hydroxyl groups is 2. The van der Waals surface area contributed by atoms with Gasteiger partial charge in [0.1, 0.15) is 22.1 Å². The summed E-state index contributed by atoms with van der Waals surface area (Å²) in [6.07, 6.45) is 0.391. The molecule has 7 nitrogen and oxygen atoms in total. The average molecular weight is 283 g/mol. The van der Waals surface area contributed by atoms with Crippen LogP contribution in [0.25, 0.3) is 11.0 Å². The second-order valence-corrected chi connectivity index (χ2v) is 6.09. The lowest BCUT2D eigenvalue weighted by atomic mass is 10.1. The first-order valence-corrected chi connectivity index (χ1v) is 6.95. The molecule has 0 bridgehead atoms. The van der Waals surface area contributed by atoms with Crippen LogP contribution < -0.4 is 0 Å². The summed E-state index contributed by atoms with van der Waals surface area (Å²) in [6.45, 7) is 0.277. The molecule has 102 valence electrons. The van der Waals surface area contributed by atoms with Crippen LogP contribution in [-0.2, 0) is 11.0 Å². The second kappa shape index (κ2) is 4.64. The quantitative estimate of drug-likeness (QED) is 0.800. The Bertz CT molecular complexity index is 631. The molecule has 0 radical (unpaired) electrons. The number of aliphatic hydroxyl groups excluding tert-OH is 1. The predicted molar refractivity (Wildman–Crippen MR) is 66.4 cm³/mol. The van der Waals surface area contributed by atoms with Crippen LogP contribution in [0.3, 0.4) is 0 Å². The molecular formula is C11H13N3O4S. The maximum Gasteiger partial charge on any atom is 0.152 e. The maximum absolute atomic E-state index is 12.5. The van der Waals surface area contributed by atoms with Gasteiger partial charge in [0.25, 0.3) is 0 Å². The van der Waals surface area contributed by atoms with Gasteiger partial charge in [-0.25, -0.2) is 13.1 Å². The Kier molecular flexibility index (Phi) is 3.09. The summed E-state index contributed by atoms with van der Waals surface area (Å²) in [5.74, 6) is 0. The molecule has 2 atom stereocenters. The van der Waals surface area contributed by atoms with Crippen LogP contribution in [-0.4, -0.2) is 54.3 Å². The monoisotopic (exact) mass is 283 g/mol. The van der Waals surface area contributed by atoms with E-state index in [-0.39, 0.29) is 13.2 Å². The van der Waals surface area contributed by atoms with Crippen molar-refractivity contribution in [2.24, 2.45) is 0 Å². The van der Waals surface area contributed by atoms with Crippen LogP contribution in [0.5, 0.6) is 0 Å². The molecule has 0 aliphatic carbocycles. The van der Waals surface area contributed by atoms with E-state index >= 15 is 0 Å². The van der Waals surface area contributed by atoms with Crippen molar-refractivity contribution < 1.29 is 19.1 Å². The summed E-state index contributed by atoms with van der Waals surface area (Å²) in [5.41, 5.74) is -0.172. The zero-order valence-corrected chi connectivity index (χ0v) is 10.8. The molecule has 1 aliphatic rings. The molecule has 2 unspecified atom stereocenters.